The number of hydrogen-bond donors (Lipinski definition) is 1. The smallest absolute Gasteiger partial charge is 0.264 e. The topological polar surface area (TPSA) is 96.0 Å². The fraction of sp³-hybridized carbons (Fsp3) is 0.333. The maximum Gasteiger partial charge on any atom is 0.264 e. The highest BCUT2D eigenvalue weighted by Crippen LogP contribution is 2.26. The van der Waals surface area contributed by atoms with Crippen molar-refractivity contribution in [3.8, 4) is 5.75 Å². The van der Waals surface area contributed by atoms with E-state index in [-0.39, 0.29) is 17.3 Å². The Morgan fingerprint density at radius 2 is 1.64 bits per heavy atom. The first-order chi connectivity index (χ1) is 18.7. The average molecular weight is 552 g/mol. The zero-order valence-corrected chi connectivity index (χ0v) is 23.8. The lowest BCUT2D eigenvalue weighted by atomic mass is 10.1. The van der Waals surface area contributed by atoms with Crippen LogP contribution >= 0.6 is 0 Å². The highest BCUT2D eigenvalue weighted by molar-refractivity contribution is 7.92. The quantitative estimate of drug-likeness (QED) is 0.337. The van der Waals surface area contributed by atoms with Crippen molar-refractivity contribution in [2.75, 3.05) is 24.5 Å². The number of ether oxygens (including phenoxy) is 1. The van der Waals surface area contributed by atoms with Crippen LogP contribution in [0.3, 0.4) is 0 Å². The van der Waals surface area contributed by atoms with Crippen molar-refractivity contribution < 1.29 is 22.7 Å². The van der Waals surface area contributed by atoms with Crippen LogP contribution in [0.5, 0.6) is 5.75 Å². The predicted molar refractivity (Wildman–Crippen MR) is 153 cm³/mol. The minimum atomic E-state index is -4.12. The van der Waals surface area contributed by atoms with Gasteiger partial charge in [0.15, 0.2) is 0 Å². The van der Waals surface area contributed by atoms with E-state index in [4.69, 9.17) is 4.74 Å². The van der Waals surface area contributed by atoms with Crippen molar-refractivity contribution in [1.82, 2.24) is 10.2 Å². The molecule has 0 spiro atoms. The van der Waals surface area contributed by atoms with Crippen molar-refractivity contribution in [3.63, 3.8) is 0 Å². The molecule has 0 unspecified atom stereocenters. The minimum absolute atomic E-state index is 0.0258. The first-order valence-electron chi connectivity index (χ1n) is 13.1. The van der Waals surface area contributed by atoms with Crippen LogP contribution in [0.2, 0.25) is 0 Å². The number of carbonyl (C=O) groups is 2. The van der Waals surface area contributed by atoms with E-state index in [9.17, 15) is 18.0 Å². The van der Waals surface area contributed by atoms with E-state index in [2.05, 4.69) is 5.32 Å². The maximum absolute atomic E-state index is 14.0. The zero-order valence-electron chi connectivity index (χ0n) is 23.0. The van der Waals surface area contributed by atoms with Crippen LogP contribution in [0.15, 0.2) is 83.8 Å². The Hall–Kier alpha value is -3.85. The molecule has 1 atom stereocenters. The number of carbonyl (C=O) groups excluding carboxylic acids is 2. The molecule has 0 saturated carbocycles. The second kappa shape index (κ2) is 13.8. The Morgan fingerprint density at radius 1 is 0.949 bits per heavy atom. The molecule has 1 N–H and O–H groups in total. The molecule has 0 heterocycles. The lowest BCUT2D eigenvalue weighted by molar-refractivity contribution is -0.140. The minimum Gasteiger partial charge on any atom is -0.497 e. The van der Waals surface area contributed by atoms with Crippen molar-refractivity contribution in [2.45, 2.75) is 51.1 Å². The average Bonchev–Trinajstić information content (AvgIpc) is 2.95. The number of aryl methyl sites for hydroxylation is 1. The van der Waals surface area contributed by atoms with E-state index in [1.54, 1.807) is 42.5 Å². The summed E-state index contributed by atoms with van der Waals surface area (Å²) in [6, 6.07) is 21.5. The molecule has 0 aliphatic heterocycles. The Labute approximate surface area is 231 Å². The van der Waals surface area contributed by atoms with Crippen LogP contribution in [0.1, 0.15) is 37.8 Å². The summed E-state index contributed by atoms with van der Waals surface area (Å²) >= 11 is 0. The molecule has 39 heavy (non-hydrogen) atoms. The number of benzene rings is 3. The summed E-state index contributed by atoms with van der Waals surface area (Å²) in [6.07, 6.45) is 1.14. The van der Waals surface area contributed by atoms with Gasteiger partial charge in [-0.1, -0.05) is 61.9 Å². The van der Waals surface area contributed by atoms with Crippen molar-refractivity contribution in [1.29, 1.82) is 0 Å². The van der Waals surface area contributed by atoms with Gasteiger partial charge in [0.2, 0.25) is 11.8 Å². The van der Waals surface area contributed by atoms with Gasteiger partial charge in [-0.15, -0.1) is 0 Å². The SMILES string of the molecule is CCCNC(=O)[C@@H](CC)N(Cc1cccc(C)c1)C(=O)CN(c1ccccc1)S(=O)(=O)c1ccc(OC)cc1. The Balaban J connectivity index is 2.02. The lowest BCUT2D eigenvalue weighted by Gasteiger charge is -2.33. The number of nitrogens with zero attached hydrogens (tertiary/aromatic N) is 2. The van der Waals surface area contributed by atoms with Gasteiger partial charge in [-0.25, -0.2) is 8.42 Å². The predicted octanol–water partition coefficient (Wildman–Crippen LogP) is 4.53. The Bertz CT molecular complexity index is 1340. The van der Waals surface area contributed by atoms with Gasteiger partial charge < -0.3 is 15.0 Å². The summed E-state index contributed by atoms with van der Waals surface area (Å²) in [5.74, 6) is -0.218. The van der Waals surface area contributed by atoms with Gasteiger partial charge in [0.1, 0.15) is 18.3 Å². The van der Waals surface area contributed by atoms with Crippen LogP contribution in [-0.2, 0) is 26.2 Å². The van der Waals surface area contributed by atoms with Gasteiger partial charge in [-0.3, -0.25) is 13.9 Å². The highest BCUT2D eigenvalue weighted by Gasteiger charge is 2.33. The van der Waals surface area contributed by atoms with E-state index in [0.717, 1.165) is 21.9 Å². The van der Waals surface area contributed by atoms with Crippen LogP contribution in [0.25, 0.3) is 0 Å². The van der Waals surface area contributed by atoms with E-state index in [1.807, 2.05) is 45.0 Å². The van der Waals surface area contributed by atoms with E-state index < -0.39 is 28.5 Å². The second-order valence-electron chi connectivity index (χ2n) is 9.25. The molecule has 0 aromatic heterocycles. The number of hydrogen-bond acceptors (Lipinski definition) is 5. The Kier molecular flexibility index (Phi) is 10.5. The van der Waals surface area contributed by atoms with Crippen LogP contribution in [-0.4, -0.2) is 51.4 Å². The van der Waals surface area contributed by atoms with Gasteiger partial charge in [-0.2, -0.15) is 0 Å². The molecule has 8 nitrogen and oxygen atoms in total. The number of anilines is 1. The lowest BCUT2D eigenvalue weighted by Crippen LogP contribution is -2.52. The fourth-order valence-corrected chi connectivity index (χ4v) is 5.70. The van der Waals surface area contributed by atoms with E-state index >= 15 is 0 Å². The Morgan fingerprint density at radius 3 is 2.23 bits per heavy atom. The molecule has 3 rings (SSSR count). The summed E-state index contributed by atoms with van der Waals surface area (Å²) in [5, 5.41) is 2.89. The largest absolute Gasteiger partial charge is 0.497 e. The second-order valence-corrected chi connectivity index (χ2v) is 11.1. The third kappa shape index (κ3) is 7.60. The molecular weight excluding hydrogens is 514 g/mol. The molecule has 0 aliphatic rings. The van der Waals surface area contributed by atoms with Gasteiger partial charge in [0.25, 0.3) is 10.0 Å². The molecule has 3 aromatic rings. The normalized spacial score (nSPS) is 11.9. The molecule has 0 radical (unpaired) electrons. The molecule has 208 valence electrons. The maximum atomic E-state index is 14.0. The van der Waals surface area contributed by atoms with Crippen molar-refractivity contribution in [2.24, 2.45) is 0 Å². The monoisotopic (exact) mass is 551 g/mol. The third-order valence-corrected chi connectivity index (χ3v) is 8.13. The summed E-state index contributed by atoms with van der Waals surface area (Å²) in [5.41, 5.74) is 2.23. The van der Waals surface area contributed by atoms with Gasteiger partial charge in [0, 0.05) is 13.1 Å². The standard InChI is InChI=1S/C30H37N3O5S/c1-5-19-31-30(35)28(6-2)32(21-24-12-10-11-23(3)20-24)29(34)22-33(25-13-8-7-9-14-25)39(36,37)27-17-15-26(38-4)16-18-27/h7-18,20,28H,5-6,19,21-22H2,1-4H3,(H,31,35)/t28-/m1/s1. The van der Waals surface area contributed by atoms with Crippen LogP contribution < -0.4 is 14.4 Å². The molecule has 3 aromatic carbocycles. The summed E-state index contributed by atoms with van der Waals surface area (Å²) in [7, 11) is -2.62. The fourth-order valence-electron chi connectivity index (χ4n) is 4.29. The number of amides is 2. The first-order valence-corrected chi connectivity index (χ1v) is 14.5. The molecule has 2 amide bonds. The van der Waals surface area contributed by atoms with E-state index in [1.165, 1.54) is 24.1 Å². The summed E-state index contributed by atoms with van der Waals surface area (Å²) in [4.78, 5) is 28.6. The molecule has 0 saturated heterocycles. The number of methoxy groups -OCH3 is 1. The molecular formula is C30H37N3O5S. The van der Waals surface area contributed by atoms with Crippen molar-refractivity contribution >= 4 is 27.5 Å². The third-order valence-electron chi connectivity index (χ3n) is 6.34. The van der Waals surface area contributed by atoms with Crippen LogP contribution in [0, 0.1) is 6.92 Å². The summed E-state index contributed by atoms with van der Waals surface area (Å²) < 4.78 is 34.0. The van der Waals surface area contributed by atoms with Gasteiger partial charge >= 0.3 is 0 Å². The van der Waals surface area contributed by atoms with Crippen LogP contribution in [0.4, 0.5) is 5.69 Å². The first kappa shape index (κ1) is 29.7. The molecule has 0 fully saturated rings. The zero-order chi connectivity index (χ0) is 28.4. The molecule has 0 bridgehead atoms. The summed E-state index contributed by atoms with van der Waals surface area (Å²) in [6.45, 7) is 5.95. The number of nitrogens with one attached hydrogen (secondary N) is 1. The van der Waals surface area contributed by atoms with Crippen molar-refractivity contribution in [3.05, 3.63) is 90.0 Å². The van der Waals surface area contributed by atoms with Gasteiger partial charge in [-0.05, 0) is 61.7 Å². The van der Waals surface area contributed by atoms with Gasteiger partial charge in [0.05, 0.1) is 17.7 Å². The number of sulfonamides is 1. The van der Waals surface area contributed by atoms with E-state index in [0.29, 0.717) is 24.4 Å². The number of rotatable bonds is 13. The molecule has 9 heteroatoms. The highest BCUT2D eigenvalue weighted by atomic mass is 32.2. The number of para-hydroxylation sites is 1. The molecule has 0 aliphatic carbocycles.